The van der Waals surface area contributed by atoms with Gasteiger partial charge in [-0.15, -0.1) is 0 Å². The Hall–Kier alpha value is -1.72. The third kappa shape index (κ3) is 5.39. The highest BCUT2D eigenvalue weighted by Crippen LogP contribution is 2.21. The first-order chi connectivity index (χ1) is 12.7. The van der Waals surface area contributed by atoms with Gasteiger partial charge in [0.25, 0.3) is 0 Å². The molecule has 3 rings (SSSR count). The van der Waals surface area contributed by atoms with Gasteiger partial charge in [-0.2, -0.15) is 0 Å². The summed E-state index contributed by atoms with van der Waals surface area (Å²) < 4.78 is 0. The van der Waals surface area contributed by atoms with Crippen molar-refractivity contribution in [3.63, 3.8) is 0 Å². The summed E-state index contributed by atoms with van der Waals surface area (Å²) in [5.41, 5.74) is 1.89. The minimum Gasteiger partial charge on any atom is -0.387 e. The number of benzene rings is 2. The van der Waals surface area contributed by atoms with Gasteiger partial charge in [0, 0.05) is 25.2 Å². The Labute approximate surface area is 156 Å². The van der Waals surface area contributed by atoms with Gasteiger partial charge in [-0.1, -0.05) is 73.5 Å². The van der Waals surface area contributed by atoms with Crippen LogP contribution in [0.25, 0.3) is 0 Å². The van der Waals surface area contributed by atoms with E-state index >= 15 is 0 Å². The Balaban J connectivity index is 1.49. The highest BCUT2D eigenvalue weighted by molar-refractivity contribution is 5.18. The zero-order valence-corrected chi connectivity index (χ0v) is 15.2. The van der Waals surface area contributed by atoms with Crippen LogP contribution >= 0.6 is 0 Å². The highest BCUT2D eigenvalue weighted by Gasteiger charge is 2.25. The second-order valence-corrected chi connectivity index (χ2v) is 7.17. The Morgan fingerprint density at radius 1 is 0.692 bits per heavy atom. The molecule has 0 amide bonds. The number of nitrogens with one attached hydrogen (secondary N) is 2. The molecule has 26 heavy (non-hydrogen) atoms. The normalized spacial score (nSPS) is 22.7. The average Bonchev–Trinajstić information content (AvgIpc) is 2.72. The Morgan fingerprint density at radius 2 is 1.08 bits per heavy atom. The molecule has 0 saturated heterocycles. The Morgan fingerprint density at radius 3 is 1.46 bits per heavy atom. The van der Waals surface area contributed by atoms with Crippen LogP contribution in [-0.2, 0) is 0 Å². The number of aliphatic hydroxyl groups excluding tert-OH is 2. The van der Waals surface area contributed by atoms with E-state index in [2.05, 4.69) is 10.6 Å². The zero-order chi connectivity index (χ0) is 18.2. The second-order valence-electron chi connectivity index (χ2n) is 7.17. The van der Waals surface area contributed by atoms with Crippen molar-refractivity contribution in [3.05, 3.63) is 71.8 Å². The molecule has 4 nitrogen and oxygen atoms in total. The summed E-state index contributed by atoms with van der Waals surface area (Å²) in [6, 6.07) is 20.2. The summed E-state index contributed by atoms with van der Waals surface area (Å²) in [7, 11) is 0. The molecule has 0 aromatic heterocycles. The Kier molecular flexibility index (Phi) is 7.21. The molecule has 140 valence electrons. The minimum absolute atomic E-state index is 0.324. The third-order valence-electron chi connectivity index (χ3n) is 5.28. The summed E-state index contributed by atoms with van der Waals surface area (Å²) in [5, 5.41) is 27.8. The van der Waals surface area contributed by atoms with Crippen molar-refractivity contribution in [2.24, 2.45) is 0 Å². The fraction of sp³-hybridized carbons (Fsp3) is 0.455. The maximum atomic E-state index is 10.4. The summed E-state index contributed by atoms with van der Waals surface area (Å²) in [5.74, 6) is 0. The van der Waals surface area contributed by atoms with Gasteiger partial charge in [-0.3, -0.25) is 0 Å². The van der Waals surface area contributed by atoms with Crippen LogP contribution in [0.1, 0.15) is 49.0 Å². The van der Waals surface area contributed by atoms with E-state index in [4.69, 9.17) is 0 Å². The van der Waals surface area contributed by atoms with Gasteiger partial charge in [0.05, 0.1) is 12.2 Å². The standard InChI is InChI=1S/C22H30N2O2/c25-21(17-9-3-1-4-10-17)15-23-19-13-7-8-14-20(19)24-16-22(26)18-11-5-2-6-12-18/h1-6,9-12,19-26H,7-8,13-16H2/t19-,20-,21+,22+/m1/s1. The first kappa shape index (κ1) is 19.1. The van der Waals surface area contributed by atoms with Gasteiger partial charge in [0.1, 0.15) is 0 Å². The molecule has 0 bridgehead atoms. The number of rotatable bonds is 8. The van der Waals surface area contributed by atoms with Crippen LogP contribution in [0.5, 0.6) is 0 Å². The summed E-state index contributed by atoms with van der Waals surface area (Å²) in [4.78, 5) is 0. The molecule has 2 aromatic rings. The van der Waals surface area contributed by atoms with Crippen molar-refractivity contribution >= 4 is 0 Å². The predicted molar refractivity (Wildman–Crippen MR) is 105 cm³/mol. The fourth-order valence-electron chi connectivity index (χ4n) is 3.73. The highest BCUT2D eigenvalue weighted by atomic mass is 16.3. The van der Waals surface area contributed by atoms with Crippen LogP contribution in [0.15, 0.2) is 60.7 Å². The average molecular weight is 354 g/mol. The number of hydrogen-bond acceptors (Lipinski definition) is 4. The van der Waals surface area contributed by atoms with Crippen LogP contribution in [0.3, 0.4) is 0 Å². The van der Waals surface area contributed by atoms with Crippen molar-refractivity contribution in [1.82, 2.24) is 10.6 Å². The van der Waals surface area contributed by atoms with E-state index in [0.29, 0.717) is 25.2 Å². The minimum atomic E-state index is -0.492. The summed E-state index contributed by atoms with van der Waals surface area (Å²) in [6.45, 7) is 1.10. The molecule has 1 saturated carbocycles. The summed E-state index contributed by atoms with van der Waals surface area (Å²) >= 11 is 0. The van der Waals surface area contributed by atoms with E-state index in [0.717, 1.165) is 24.0 Å². The maximum absolute atomic E-state index is 10.4. The molecule has 1 aliphatic rings. The van der Waals surface area contributed by atoms with E-state index in [1.807, 2.05) is 60.7 Å². The van der Waals surface area contributed by atoms with Gasteiger partial charge in [0.2, 0.25) is 0 Å². The first-order valence-electron chi connectivity index (χ1n) is 9.67. The summed E-state index contributed by atoms with van der Waals surface area (Å²) in [6.07, 6.45) is 3.63. The molecule has 0 radical (unpaired) electrons. The molecular weight excluding hydrogens is 324 g/mol. The molecule has 1 fully saturated rings. The van der Waals surface area contributed by atoms with Crippen molar-refractivity contribution < 1.29 is 10.2 Å². The monoisotopic (exact) mass is 354 g/mol. The predicted octanol–water partition coefficient (Wildman–Crippen LogP) is 2.94. The van der Waals surface area contributed by atoms with Crippen LogP contribution in [-0.4, -0.2) is 35.4 Å². The maximum Gasteiger partial charge on any atom is 0.0914 e. The van der Waals surface area contributed by atoms with E-state index < -0.39 is 12.2 Å². The molecule has 0 spiro atoms. The van der Waals surface area contributed by atoms with Gasteiger partial charge >= 0.3 is 0 Å². The smallest absolute Gasteiger partial charge is 0.0914 e. The molecule has 4 atom stereocenters. The molecular formula is C22H30N2O2. The second kappa shape index (κ2) is 9.83. The SMILES string of the molecule is O[C@@H](CN[C@@H]1CCCC[C@H]1NC[C@H](O)c1ccccc1)c1ccccc1. The van der Waals surface area contributed by atoms with Gasteiger partial charge in [-0.05, 0) is 24.0 Å². The van der Waals surface area contributed by atoms with Gasteiger partial charge < -0.3 is 20.8 Å². The number of aliphatic hydroxyl groups is 2. The van der Waals surface area contributed by atoms with E-state index in [9.17, 15) is 10.2 Å². The fourth-order valence-corrected chi connectivity index (χ4v) is 3.73. The molecule has 4 N–H and O–H groups in total. The number of hydrogen-bond donors (Lipinski definition) is 4. The van der Waals surface area contributed by atoms with Crippen molar-refractivity contribution in [3.8, 4) is 0 Å². The lowest BCUT2D eigenvalue weighted by Gasteiger charge is -2.34. The quantitative estimate of drug-likeness (QED) is 0.589. The van der Waals surface area contributed by atoms with Crippen LogP contribution in [0.4, 0.5) is 0 Å². The van der Waals surface area contributed by atoms with Crippen LogP contribution in [0.2, 0.25) is 0 Å². The van der Waals surface area contributed by atoms with Gasteiger partial charge in [-0.25, -0.2) is 0 Å². The van der Waals surface area contributed by atoms with Crippen molar-refractivity contribution in [2.45, 2.75) is 50.0 Å². The van der Waals surface area contributed by atoms with E-state index in [-0.39, 0.29) is 0 Å². The molecule has 0 aliphatic heterocycles. The molecule has 4 heteroatoms. The third-order valence-corrected chi connectivity index (χ3v) is 5.28. The topological polar surface area (TPSA) is 64.5 Å². The van der Waals surface area contributed by atoms with E-state index in [1.165, 1.54) is 12.8 Å². The molecule has 2 aromatic carbocycles. The lowest BCUT2D eigenvalue weighted by atomic mass is 9.89. The lowest BCUT2D eigenvalue weighted by molar-refractivity contribution is 0.145. The van der Waals surface area contributed by atoms with Crippen molar-refractivity contribution in [2.75, 3.05) is 13.1 Å². The van der Waals surface area contributed by atoms with Crippen LogP contribution < -0.4 is 10.6 Å². The molecule has 1 aliphatic carbocycles. The molecule has 0 heterocycles. The zero-order valence-electron chi connectivity index (χ0n) is 15.2. The first-order valence-corrected chi connectivity index (χ1v) is 9.67. The lowest BCUT2D eigenvalue weighted by Crippen LogP contribution is -2.51. The van der Waals surface area contributed by atoms with Gasteiger partial charge in [0.15, 0.2) is 0 Å². The Bertz CT molecular complexity index is 578. The molecule has 0 unspecified atom stereocenters. The van der Waals surface area contributed by atoms with E-state index in [1.54, 1.807) is 0 Å². The largest absolute Gasteiger partial charge is 0.387 e. The van der Waals surface area contributed by atoms with Crippen molar-refractivity contribution in [1.29, 1.82) is 0 Å². The van der Waals surface area contributed by atoms with Crippen LogP contribution in [0, 0.1) is 0 Å².